The van der Waals surface area contributed by atoms with E-state index in [4.69, 9.17) is 10.8 Å². The summed E-state index contributed by atoms with van der Waals surface area (Å²) in [6.07, 6.45) is 0. The second-order valence-electron chi connectivity index (χ2n) is 1.44. The molecule has 8 heavy (non-hydrogen) atoms. The Morgan fingerprint density at radius 3 is 2.50 bits per heavy atom. The molecule has 0 aromatic carbocycles. The monoisotopic (exact) mass is 114 g/mol. The average Bonchev–Trinajstić information content (AvgIpc) is 1.85. The van der Waals surface area contributed by atoms with Crippen LogP contribution in [0.4, 0.5) is 6.01 Å². The number of anilines is 1. The van der Waals surface area contributed by atoms with E-state index in [2.05, 4.69) is 9.40 Å². The van der Waals surface area contributed by atoms with E-state index in [9.17, 15) is 0 Å². The molecule has 4 nitrogen and oxygen atoms in total. The maximum atomic E-state index is 8.63. The minimum Gasteiger partial charge on any atom is -0.479 e. The van der Waals surface area contributed by atoms with Crippen molar-refractivity contribution in [3.63, 3.8) is 0 Å². The maximum Gasteiger partial charge on any atom is 0.307 e. The lowest BCUT2D eigenvalue weighted by molar-refractivity contribution is 0.336. The fraction of sp³-hybridized carbons (Fsp3) is 0.250. The predicted octanol–water partition coefficient (Wildman–Crippen LogP) is 0.271. The first-order valence-electron chi connectivity index (χ1n) is 2.12. The van der Waals surface area contributed by atoms with Gasteiger partial charge in [0.1, 0.15) is 5.69 Å². The van der Waals surface area contributed by atoms with Gasteiger partial charge in [-0.05, 0) is 6.92 Å². The van der Waals surface area contributed by atoms with Crippen molar-refractivity contribution < 1.29 is 9.52 Å². The lowest BCUT2D eigenvalue weighted by atomic mass is 10.5. The van der Waals surface area contributed by atoms with Crippen LogP contribution in [-0.4, -0.2) is 10.1 Å². The number of aromatic hydroxyl groups is 1. The topological polar surface area (TPSA) is 72.3 Å². The lowest BCUT2D eigenvalue weighted by Crippen LogP contribution is -1.81. The van der Waals surface area contributed by atoms with Crippen molar-refractivity contribution in [3.05, 3.63) is 5.69 Å². The Balaban J connectivity index is 3.14. The number of nitrogen functional groups attached to an aromatic ring is 1. The third kappa shape index (κ3) is 0.598. The molecule has 0 amide bonds. The molecule has 0 unspecified atom stereocenters. The van der Waals surface area contributed by atoms with Crippen LogP contribution in [0.5, 0.6) is 5.95 Å². The Kier molecular flexibility index (Phi) is 0.865. The van der Waals surface area contributed by atoms with Crippen molar-refractivity contribution in [2.24, 2.45) is 0 Å². The van der Waals surface area contributed by atoms with Gasteiger partial charge in [0, 0.05) is 0 Å². The highest BCUT2D eigenvalue weighted by atomic mass is 16.5. The highest BCUT2D eigenvalue weighted by Crippen LogP contribution is 2.16. The summed E-state index contributed by atoms with van der Waals surface area (Å²) in [5.41, 5.74) is 5.46. The minimum atomic E-state index is -0.206. The molecule has 44 valence electrons. The van der Waals surface area contributed by atoms with Gasteiger partial charge >= 0.3 is 5.95 Å². The van der Waals surface area contributed by atoms with Crippen LogP contribution in [-0.2, 0) is 0 Å². The molecule has 0 radical (unpaired) electrons. The van der Waals surface area contributed by atoms with E-state index < -0.39 is 0 Å². The zero-order valence-corrected chi connectivity index (χ0v) is 4.38. The summed E-state index contributed by atoms with van der Waals surface area (Å²) >= 11 is 0. The fourth-order valence-electron chi connectivity index (χ4n) is 0.409. The molecule has 0 saturated heterocycles. The van der Waals surface area contributed by atoms with Crippen molar-refractivity contribution in [1.29, 1.82) is 0 Å². The van der Waals surface area contributed by atoms with Gasteiger partial charge in [-0.3, -0.25) is 0 Å². The van der Waals surface area contributed by atoms with Gasteiger partial charge in [-0.2, -0.15) is 4.98 Å². The minimum absolute atomic E-state index is 0.000000000000000222. The molecule has 1 aromatic rings. The van der Waals surface area contributed by atoms with E-state index >= 15 is 0 Å². The van der Waals surface area contributed by atoms with Crippen LogP contribution in [0.2, 0.25) is 0 Å². The first-order chi connectivity index (χ1) is 3.70. The van der Waals surface area contributed by atoms with Crippen LogP contribution in [0.3, 0.4) is 0 Å². The number of aryl methyl sites for hydroxylation is 1. The summed E-state index contributed by atoms with van der Waals surface area (Å²) in [6.45, 7) is 1.61. The molecule has 0 fully saturated rings. The highest BCUT2D eigenvalue weighted by molar-refractivity contribution is 5.21. The molecule has 1 aromatic heterocycles. The first kappa shape index (κ1) is 4.96. The molecule has 1 heterocycles. The summed E-state index contributed by atoms with van der Waals surface area (Å²) in [5.74, 6) is -0.206. The standard InChI is InChI=1S/C4H6N2O2/c1-2-3(7)8-4(5)6-2/h7H,1H3,(H2,5,6). The van der Waals surface area contributed by atoms with Gasteiger partial charge in [-0.25, -0.2) is 0 Å². The highest BCUT2D eigenvalue weighted by Gasteiger charge is 2.01. The molecule has 1 rings (SSSR count). The number of rotatable bonds is 0. The SMILES string of the molecule is Cc1nc(N)oc1O. The van der Waals surface area contributed by atoms with Gasteiger partial charge in [0.2, 0.25) is 0 Å². The fourth-order valence-corrected chi connectivity index (χ4v) is 0.409. The van der Waals surface area contributed by atoms with E-state index in [1.807, 2.05) is 0 Å². The molecule has 0 aliphatic heterocycles. The Morgan fingerprint density at radius 1 is 1.75 bits per heavy atom. The molecule has 0 atom stereocenters. The second kappa shape index (κ2) is 1.40. The number of oxazole rings is 1. The first-order valence-corrected chi connectivity index (χ1v) is 2.12. The Bertz CT molecular complexity index is 174. The van der Waals surface area contributed by atoms with Crippen molar-refractivity contribution >= 4 is 6.01 Å². The van der Waals surface area contributed by atoms with Crippen LogP contribution < -0.4 is 5.73 Å². The van der Waals surface area contributed by atoms with Gasteiger partial charge in [-0.1, -0.05) is 0 Å². The quantitative estimate of drug-likeness (QED) is 0.507. The number of hydrogen-bond acceptors (Lipinski definition) is 4. The third-order valence-corrected chi connectivity index (χ3v) is 0.789. The van der Waals surface area contributed by atoms with Gasteiger partial charge in [0.25, 0.3) is 6.01 Å². The molecule has 0 spiro atoms. The van der Waals surface area contributed by atoms with Crippen LogP contribution >= 0.6 is 0 Å². The molecule has 0 aliphatic carbocycles. The van der Waals surface area contributed by atoms with Gasteiger partial charge < -0.3 is 15.3 Å². The molecule has 4 heteroatoms. The summed E-state index contributed by atoms with van der Waals surface area (Å²) in [6, 6.07) is 0.000000000000000222. The average molecular weight is 114 g/mol. The zero-order valence-electron chi connectivity index (χ0n) is 4.38. The maximum absolute atomic E-state index is 8.63. The third-order valence-electron chi connectivity index (χ3n) is 0.789. The van der Waals surface area contributed by atoms with E-state index in [1.54, 1.807) is 6.92 Å². The van der Waals surface area contributed by atoms with Gasteiger partial charge in [0.15, 0.2) is 0 Å². The van der Waals surface area contributed by atoms with Gasteiger partial charge in [0.05, 0.1) is 0 Å². The predicted molar refractivity (Wildman–Crippen MR) is 27.3 cm³/mol. The van der Waals surface area contributed by atoms with Gasteiger partial charge in [-0.15, -0.1) is 0 Å². The number of hydrogen-bond donors (Lipinski definition) is 2. The van der Waals surface area contributed by atoms with Crippen molar-refractivity contribution in [1.82, 2.24) is 4.98 Å². The summed E-state index contributed by atoms with van der Waals surface area (Å²) < 4.78 is 4.44. The summed E-state index contributed by atoms with van der Waals surface area (Å²) in [7, 11) is 0. The van der Waals surface area contributed by atoms with E-state index in [-0.39, 0.29) is 12.0 Å². The van der Waals surface area contributed by atoms with Crippen molar-refractivity contribution in [3.8, 4) is 5.95 Å². The molecular formula is C4H6N2O2. The number of nitrogens with zero attached hydrogens (tertiary/aromatic N) is 1. The van der Waals surface area contributed by atoms with Crippen LogP contribution in [0.1, 0.15) is 5.69 Å². The smallest absolute Gasteiger partial charge is 0.307 e. The van der Waals surface area contributed by atoms with Crippen LogP contribution in [0.25, 0.3) is 0 Å². The number of nitrogens with two attached hydrogens (primary N) is 1. The van der Waals surface area contributed by atoms with Crippen LogP contribution in [0, 0.1) is 6.92 Å². The molecular weight excluding hydrogens is 108 g/mol. The number of aromatic nitrogens is 1. The second-order valence-corrected chi connectivity index (χ2v) is 1.44. The van der Waals surface area contributed by atoms with E-state index in [0.29, 0.717) is 5.69 Å². The van der Waals surface area contributed by atoms with E-state index in [0.717, 1.165) is 0 Å². The van der Waals surface area contributed by atoms with Crippen molar-refractivity contribution in [2.45, 2.75) is 6.92 Å². The molecule has 0 saturated carbocycles. The largest absolute Gasteiger partial charge is 0.479 e. The molecule has 0 bridgehead atoms. The van der Waals surface area contributed by atoms with Crippen molar-refractivity contribution in [2.75, 3.05) is 5.73 Å². The lowest BCUT2D eigenvalue weighted by Gasteiger charge is -1.76. The Labute approximate surface area is 45.9 Å². The zero-order chi connectivity index (χ0) is 6.15. The Morgan fingerprint density at radius 2 is 2.38 bits per heavy atom. The van der Waals surface area contributed by atoms with Crippen LogP contribution in [0.15, 0.2) is 4.42 Å². The molecule has 3 N–H and O–H groups in total. The van der Waals surface area contributed by atoms with E-state index in [1.165, 1.54) is 0 Å². The normalized spacial score (nSPS) is 9.62. The molecule has 0 aliphatic rings. The summed E-state index contributed by atoms with van der Waals surface area (Å²) in [5, 5.41) is 8.63. The Hall–Kier alpha value is -1.19. The summed E-state index contributed by atoms with van der Waals surface area (Å²) in [4.78, 5) is 3.57.